The molecule has 0 fully saturated rings. The van der Waals surface area contributed by atoms with E-state index in [0.29, 0.717) is 12.0 Å². The molecule has 0 spiro atoms. The van der Waals surface area contributed by atoms with Crippen LogP contribution in [0.15, 0.2) is 67.4 Å². The van der Waals surface area contributed by atoms with Crippen LogP contribution in [0.2, 0.25) is 5.28 Å². The predicted molar refractivity (Wildman–Crippen MR) is 186 cm³/mol. The molecule has 0 aliphatic rings. The normalized spacial score (nSPS) is 12.2. The number of halogens is 1. The fourth-order valence-electron chi connectivity index (χ4n) is 4.07. The van der Waals surface area contributed by atoms with Crippen LogP contribution in [0, 0.1) is 0 Å². The first-order valence-corrected chi connectivity index (χ1v) is 19.5. The molecule has 0 amide bonds. The molecule has 6 N–H and O–H groups in total. The zero-order chi connectivity index (χ0) is 38.6. The highest BCUT2D eigenvalue weighted by molar-refractivity contribution is 7.95. The molecule has 0 saturated carbocycles. The summed E-state index contributed by atoms with van der Waals surface area (Å²) in [5.74, 6) is -0.989. The van der Waals surface area contributed by atoms with Crippen LogP contribution in [0.1, 0.15) is 0 Å². The number of aromatic hydroxyl groups is 1. The number of rotatable bonds is 21. The minimum Gasteiger partial charge on any atom is -0.505 e. The van der Waals surface area contributed by atoms with Crippen molar-refractivity contribution in [3.8, 4) is 5.75 Å². The van der Waals surface area contributed by atoms with E-state index in [4.69, 9.17) is 31.6 Å². The number of hydrogen-bond donors (Lipinski definition) is 6. The Morgan fingerprint density at radius 2 is 1.66 bits per heavy atom. The Morgan fingerprint density at radius 1 is 0.943 bits per heavy atom. The summed E-state index contributed by atoms with van der Waals surface area (Å²) in [5.41, 5.74) is -0.460. The van der Waals surface area contributed by atoms with E-state index >= 15 is 0 Å². The third-order valence-corrected chi connectivity index (χ3v) is 10.6. The van der Waals surface area contributed by atoms with E-state index in [1.165, 1.54) is 35.2 Å². The molecule has 0 aliphatic heterocycles. The lowest BCUT2D eigenvalue weighted by molar-refractivity contribution is -0.434. The lowest BCUT2D eigenvalue weighted by atomic mass is 10.1. The van der Waals surface area contributed by atoms with E-state index in [2.05, 4.69) is 58.6 Å². The van der Waals surface area contributed by atoms with Gasteiger partial charge in [0.2, 0.25) is 17.2 Å². The number of nitrogens with one attached hydrogen (secondary N) is 1. The lowest BCUT2D eigenvalue weighted by Crippen LogP contribution is -2.23. The number of fused-ring (bicyclic) bond motifs is 1. The maximum atomic E-state index is 12.6. The Labute approximate surface area is 316 Å². The first-order valence-electron chi connectivity index (χ1n) is 13.7. The minimum absolute atomic E-state index is 0.0248. The molecule has 3 aromatic carbocycles. The van der Waals surface area contributed by atoms with Crippen molar-refractivity contribution >= 4 is 108 Å². The van der Waals surface area contributed by atoms with Crippen molar-refractivity contribution in [1.82, 2.24) is 15.0 Å². The molecular formula is C24H24ClN7O16S5. The lowest BCUT2D eigenvalue weighted by Gasteiger charge is -2.18. The zero-order valence-corrected chi connectivity index (χ0v) is 31.0. The summed E-state index contributed by atoms with van der Waals surface area (Å²) in [4.78, 5) is 12.9. The van der Waals surface area contributed by atoms with Gasteiger partial charge in [-0.15, -0.1) is 18.1 Å². The second-order valence-corrected chi connectivity index (χ2v) is 15.5. The minimum atomic E-state index is -4.94. The van der Waals surface area contributed by atoms with Gasteiger partial charge in [-0.3, -0.25) is 8.74 Å². The van der Waals surface area contributed by atoms with Crippen molar-refractivity contribution in [2.24, 2.45) is 10.2 Å². The maximum Gasteiger partial charge on any atom is 0.296 e. The molecule has 1 heterocycles. The molecule has 0 aliphatic carbocycles. The van der Waals surface area contributed by atoms with E-state index in [1.54, 1.807) is 7.05 Å². The maximum absolute atomic E-state index is 12.6. The molecule has 53 heavy (non-hydrogen) atoms. The van der Waals surface area contributed by atoms with Crippen LogP contribution in [-0.2, 0) is 52.3 Å². The Balaban J connectivity index is 1.69. The summed E-state index contributed by atoms with van der Waals surface area (Å²) in [6.45, 7) is -0.0451. The van der Waals surface area contributed by atoms with Crippen molar-refractivity contribution in [2.75, 3.05) is 41.9 Å². The number of sulfone groups is 1. The summed E-state index contributed by atoms with van der Waals surface area (Å²) < 4.78 is 77.8. The zero-order valence-electron chi connectivity index (χ0n) is 26.2. The summed E-state index contributed by atoms with van der Waals surface area (Å²) in [6.07, 6.45) is 0. The Kier molecular flexibility index (Phi) is 15.9. The SMILES string of the molecule is CN(CCSOOO)c1nc(Cl)nc(Nc2cc3c(O)c(N=Nc4ccc(S(=O)(=O)CCOSOOO)cc4)c(SOOO)cc3cc2S(=O)(=O)O)n1. The average molecular weight is 862 g/mol. The first kappa shape index (κ1) is 42.5. The average Bonchev–Trinajstić information content (AvgIpc) is 3.11. The fraction of sp³-hybridized carbons (Fsp3) is 0.208. The topological polar surface area (TPSA) is 313 Å². The third-order valence-electron chi connectivity index (χ3n) is 6.36. The molecule has 1 aromatic heterocycles. The smallest absolute Gasteiger partial charge is 0.296 e. The van der Waals surface area contributed by atoms with E-state index < -0.39 is 36.4 Å². The summed E-state index contributed by atoms with van der Waals surface area (Å²) >= 11 is 7.44. The van der Waals surface area contributed by atoms with Gasteiger partial charge in [0.1, 0.15) is 10.6 Å². The van der Waals surface area contributed by atoms with Gasteiger partial charge in [0.05, 0.1) is 45.6 Å². The third kappa shape index (κ3) is 12.1. The van der Waals surface area contributed by atoms with Crippen LogP contribution >= 0.6 is 48.0 Å². The van der Waals surface area contributed by atoms with Gasteiger partial charge in [0.25, 0.3) is 10.1 Å². The molecule has 0 atom stereocenters. The molecule has 29 heteroatoms. The van der Waals surface area contributed by atoms with Gasteiger partial charge >= 0.3 is 0 Å². The molecule has 0 bridgehead atoms. The number of aromatic nitrogens is 3. The predicted octanol–water partition coefficient (Wildman–Crippen LogP) is 5.50. The summed E-state index contributed by atoms with van der Waals surface area (Å²) in [7, 11) is -7.16. The van der Waals surface area contributed by atoms with Gasteiger partial charge < -0.3 is 15.3 Å². The van der Waals surface area contributed by atoms with E-state index in [-0.39, 0.29) is 86.0 Å². The standard InChI is InChI=1S/C24H24ClN7O16S5/c1-32(6-8-49-46-43-34)24-28-22(25)27-23(29-24)26-17-12-16-13(11-19(17)53(39,40)41)10-18(50-47-44-35)20(21(16)33)31-30-14-2-4-15(5-3-14)52(37,38)9-7-42-51-48-45-36/h2-5,10-12,33-36H,6-9H2,1H3,(H,39,40,41)(H,26,27,28,29). The van der Waals surface area contributed by atoms with Gasteiger partial charge in [0.15, 0.2) is 27.9 Å². The number of phenolic OH excluding ortho intramolecular Hbond substituents is 1. The number of hydrogen-bond acceptors (Lipinski definition) is 25. The number of anilines is 3. The van der Waals surface area contributed by atoms with Gasteiger partial charge in [-0.25, -0.2) is 24.2 Å². The Bertz CT molecular complexity index is 2120. The van der Waals surface area contributed by atoms with Crippen LogP contribution in [0.4, 0.5) is 29.0 Å². The molecule has 0 saturated heterocycles. The second-order valence-electron chi connectivity index (χ2n) is 9.63. The monoisotopic (exact) mass is 861 g/mol. The highest BCUT2D eigenvalue weighted by Crippen LogP contribution is 2.46. The quantitative estimate of drug-likeness (QED) is 0.0150. The van der Waals surface area contributed by atoms with Gasteiger partial charge in [-0.05, 0) is 59.5 Å². The Hall–Kier alpha value is -3.27. The van der Waals surface area contributed by atoms with Gasteiger partial charge in [-0.2, -0.15) is 28.5 Å². The molecule has 0 radical (unpaired) electrons. The molecular weight excluding hydrogens is 838 g/mol. The van der Waals surface area contributed by atoms with Gasteiger partial charge in [0, 0.05) is 36.8 Å². The van der Waals surface area contributed by atoms with Crippen molar-refractivity contribution in [3.05, 3.63) is 47.7 Å². The van der Waals surface area contributed by atoms with Crippen molar-refractivity contribution in [3.63, 3.8) is 0 Å². The van der Waals surface area contributed by atoms with Crippen LogP contribution in [0.5, 0.6) is 5.75 Å². The number of benzene rings is 3. The molecule has 4 aromatic rings. The number of nitrogens with zero attached hydrogens (tertiary/aromatic N) is 6. The van der Waals surface area contributed by atoms with E-state index in [0.717, 1.165) is 24.2 Å². The van der Waals surface area contributed by atoms with E-state index in [1.807, 2.05) is 0 Å². The van der Waals surface area contributed by atoms with E-state index in [9.17, 15) is 26.5 Å². The first-order chi connectivity index (χ1) is 25.3. The van der Waals surface area contributed by atoms with Crippen molar-refractivity contribution in [1.29, 1.82) is 0 Å². The van der Waals surface area contributed by atoms with Gasteiger partial charge in [-0.1, -0.05) is 15.1 Å². The Morgan fingerprint density at radius 3 is 2.34 bits per heavy atom. The molecule has 288 valence electrons. The highest BCUT2D eigenvalue weighted by Gasteiger charge is 2.23. The fourth-order valence-corrected chi connectivity index (χ4v) is 7.25. The highest BCUT2D eigenvalue weighted by atomic mass is 35.5. The van der Waals surface area contributed by atoms with Crippen molar-refractivity contribution in [2.45, 2.75) is 14.7 Å². The largest absolute Gasteiger partial charge is 0.505 e. The molecule has 4 rings (SSSR count). The van der Waals surface area contributed by atoms with Crippen LogP contribution < -0.4 is 10.2 Å². The van der Waals surface area contributed by atoms with Crippen LogP contribution in [0.25, 0.3) is 10.8 Å². The second kappa shape index (κ2) is 19.9. The van der Waals surface area contributed by atoms with Crippen LogP contribution in [-0.4, -0.2) is 88.9 Å². The van der Waals surface area contributed by atoms with Crippen LogP contribution in [0.3, 0.4) is 0 Å². The summed E-state index contributed by atoms with van der Waals surface area (Å²) in [5, 5.41) is 57.4. The molecule has 23 nitrogen and oxygen atoms in total. The number of phenols is 1. The summed E-state index contributed by atoms with van der Waals surface area (Å²) in [6, 6.07) is 8.53. The number of azo groups is 1. The van der Waals surface area contributed by atoms with Crippen molar-refractivity contribution < 1.29 is 74.6 Å². The molecule has 0 unspecified atom stereocenters.